The third-order valence-corrected chi connectivity index (χ3v) is 4.51. The number of halogens is 1. The van der Waals surface area contributed by atoms with E-state index in [4.69, 9.17) is 30.5 Å². The molecule has 0 spiro atoms. The zero-order valence-corrected chi connectivity index (χ0v) is 18.7. The molecule has 0 bridgehead atoms. The molecule has 0 unspecified atom stereocenters. The monoisotopic (exact) mass is 468 g/mol. The highest BCUT2D eigenvalue weighted by Gasteiger charge is 2.13. The predicted octanol–water partition coefficient (Wildman–Crippen LogP) is 4.11. The van der Waals surface area contributed by atoms with Gasteiger partial charge in [-0.1, -0.05) is 17.7 Å². The van der Waals surface area contributed by atoms with E-state index in [-0.39, 0.29) is 6.61 Å². The molecular weight excluding hydrogens is 448 g/mol. The van der Waals surface area contributed by atoms with Crippen LogP contribution in [0.15, 0.2) is 71.8 Å². The Morgan fingerprint density at radius 3 is 2.39 bits per heavy atom. The number of nitrogens with one attached hydrogen (secondary N) is 1. The van der Waals surface area contributed by atoms with E-state index in [0.29, 0.717) is 39.1 Å². The van der Waals surface area contributed by atoms with Crippen LogP contribution in [0.1, 0.15) is 15.9 Å². The number of methoxy groups -OCH3 is 2. The van der Waals surface area contributed by atoms with Crippen molar-refractivity contribution in [2.24, 2.45) is 5.10 Å². The number of hydrogen-bond acceptors (Lipinski definition) is 7. The van der Waals surface area contributed by atoms with Gasteiger partial charge in [-0.25, -0.2) is 10.2 Å². The van der Waals surface area contributed by atoms with Gasteiger partial charge in [0.1, 0.15) is 11.5 Å². The van der Waals surface area contributed by atoms with Crippen molar-refractivity contribution in [3.8, 4) is 23.0 Å². The molecule has 170 valence electrons. The second kappa shape index (κ2) is 11.5. The fourth-order valence-corrected chi connectivity index (χ4v) is 2.85. The second-order valence-electron chi connectivity index (χ2n) is 6.57. The van der Waals surface area contributed by atoms with Crippen LogP contribution < -0.4 is 24.4 Å². The summed E-state index contributed by atoms with van der Waals surface area (Å²) >= 11 is 5.86. The molecule has 0 atom stereocenters. The molecule has 0 aliphatic rings. The summed E-state index contributed by atoms with van der Waals surface area (Å²) in [4.78, 5) is 24.2. The number of esters is 1. The van der Waals surface area contributed by atoms with Crippen molar-refractivity contribution in [1.82, 2.24) is 5.43 Å². The third kappa shape index (κ3) is 6.98. The Morgan fingerprint density at radius 2 is 1.70 bits per heavy atom. The van der Waals surface area contributed by atoms with Crippen molar-refractivity contribution >= 4 is 29.7 Å². The van der Waals surface area contributed by atoms with Gasteiger partial charge in [0, 0.05) is 5.02 Å². The Morgan fingerprint density at radius 1 is 0.939 bits per heavy atom. The van der Waals surface area contributed by atoms with Gasteiger partial charge in [0.25, 0.3) is 5.91 Å². The lowest BCUT2D eigenvalue weighted by Gasteiger charge is -2.09. The minimum Gasteiger partial charge on any atom is -0.493 e. The summed E-state index contributed by atoms with van der Waals surface area (Å²) in [5.41, 5.74) is 3.38. The summed E-state index contributed by atoms with van der Waals surface area (Å²) in [5.74, 6) is 0.820. The first-order chi connectivity index (χ1) is 16.0. The topological polar surface area (TPSA) is 95.5 Å². The summed E-state index contributed by atoms with van der Waals surface area (Å²) in [6, 6.07) is 18.1. The SMILES string of the molecule is COc1ccc(C(=O)Oc2ccc(/C=N\NC(=O)COc3cccc(Cl)c3)cc2)cc1OC. The quantitative estimate of drug-likeness (QED) is 0.220. The Labute approximate surface area is 195 Å². The van der Waals surface area contributed by atoms with Gasteiger partial charge in [-0.3, -0.25) is 4.79 Å². The molecule has 3 rings (SSSR count). The number of carbonyl (C=O) groups excluding carboxylic acids is 2. The first-order valence-corrected chi connectivity index (χ1v) is 10.1. The number of hydrogen-bond donors (Lipinski definition) is 1. The van der Waals surface area contributed by atoms with Crippen molar-refractivity contribution in [1.29, 1.82) is 0 Å². The van der Waals surface area contributed by atoms with Crippen LogP contribution in [0.5, 0.6) is 23.0 Å². The van der Waals surface area contributed by atoms with Crippen LogP contribution in [0.25, 0.3) is 0 Å². The van der Waals surface area contributed by atoms with Crippen molar-refractivity contribution in [3.05, 3.63) is 82.9 Å². The number of hydrazone groups is 1. The molecule has 3 aromatic carbocycles. The van der Waals surface area contributed by atoms with Gasteiger partial charge in [0.15, 0.2) is 18.1 Å². The van der Waals surface area contributed by atoms with Gasteiger partial charge >= 0.3 is 5.97 Å². The van der Waals surface area contributed by atoms with Crippen LogP contribution in [0.4, 0.5) is 0 Å². The van der Waals surface area contributed by atoms with Gasteiger partial charge in [-0.15, -0.1) is 0 Å². The van der Waals surface area contributed by atoms with Crippen molar-refractivity contribution < 1.29 is 28.5 Å². The molecule has 9 heteroatoms. The van der Waals surface area contributed by atoms with Crippen LogP contribution >= 0.6 is 11.6 Å². The first-order valence-electron chi connectivity index (χ1n) is 9.73. The Balaban J connectivity index is 1.50. The van der Waals surface area contributed by atoms with E-state index in [1.165, 1.54) is 20.4 Å². The Kier molecular flexibility index (Phi) is 8.26. The maximum Gasteiger partial charge on any atom is 0.343 e. The summed E-state index contributed by atoms with van der Waals surface area (Å²) in [6.45, 7) is -0.206. The van der Waals surface area contributed by atoms with Gasteiger partial charge in [-0.2, -0.15) is 5.10 Å². The lowest BCUT2D eigenvalue weighted by atomic mass is 10.2. The van der Waals surface area contributed by atoms with E-state index in [9.17, 15) is 9.59 Å². The van der Waals surface area contributed by atoms with Crippen LogP contribution in [0.3, 0.4) is 0 Å². The van der Waals surface area contributed by atoms with E-state index >= 15 is 0 Å². The number of carbonyl (C=O) groups is 2. The lowest BCUT2D eigenvalue weighted by Crippen LogP contribution is -2.24. The molecule has 0 aromatic heterocycles. The first kappa shape index (κ1) is 23.6. The van der Waals surface area contributed by atoms with Gasteiger partial charge < -0.3 is 18.9 Å². The lowest BCUT2D eigenvalue weighted by molar-refractivity contribution is -0.123. The second-order valence-corrected chi connectivity index (χ2v) is 7.00. The number of nitrogens with zero attached hydrogens (tertiary/aromatic N) is 1. The van der Waals surface area contributed by atoms with Crippen LogP contribution in [-0.2, 0) is 4.79 Å². The van der Waals surface area contributed by atoms with Crippen molar-refractivity contribution in [2.45, 2.75) is 0 Å². The fraction of sp³-hybridized carbons (Fsp3) is 0.125. The maximum atomic E-state index is 12.4. The number of benzene rings is 3. The Bertz CT molecular complexity index is 1150. The average Bonchev–Trinajstić information content (AvgIpc) is 2.83. The highest BCUT2D eigenvalue weighted by molar-refractivity contribution is 6.30. The smallest absolute Gasteiger partial charge is 0.343 e. The standard InChI is InChI=1S/C24H21ClN2O6/c1-30-21-11-8-17(12-22(21)31-2)24(29)33-19-9-6-16(7-10-19)14-26-27-23(28)15-32-20-5-3-4-18(25)13-20/h3-14H,15H2,1-2H3,(H,27,28)/b26-14-. The average molecular weight is 469 g/mol. The van der Waals surface area contributed by atoms with E-state index < -0.39 is 11.9 Å². The minimum absolute atomic E-state index is 0.206. The minimum atomic E-state index is -0.538. The summed E-state index contributed by atoms with van der Waals surface area (Å²) < 4.78 is 21.1. The van der Waals surface area contributed by atoms with Gasteiger partial charge in [0.2, 0.25) is 0 Å². The van der Waals surface area contributed by atoms with E-state index in [1.807, 2.05) is 0 Å². The van der Waals surface area contributed by atoms with Crippen molar-refractivity contribution in [2.75, 3.05) is 20.8 Å². The van der Waals surface area contributed by atoms with E-state index in [1.54, 1.807) is 66.7 Å². The molecular formula is C24H21ClN2O6. The molecule has 0 aliphatic heterocycles. The largest absolute Gasteiger partial charge is 0.493 e. The van der Waals surface area contributed by atoms with E-state index in [2.05, 4.69) is 10.5 Å². The van der Waals surface area contributed by atoms with Gasteiger partial charge in [0.05, 0.1) is 26.0 Å². The zero-order chi connectivity index (χ0) is 23.6. The highest BCUT2D eigenvalue weighted by Crippen LogP contribution is 2.28. The molecule has 3 aromatic rings. The third-order valence-electron chi connectivity index (χ3n) is 4.28. The number of amides is 1. The summed E-state index contributed by atoms with van der Waals surface area (Å²) in [7, 11) is 3.00. The predicted molar refractivity (Wildman–Crippen MR) is 124 cm³/mol. The molecule has 0 radical (unpaired) electrons. The number of rotatable bonds is 9. The molecule has 0 saturated carbocycles. The normalized spacial score (nSPS) is 10.5. The maximum absolute atomic E-state index is 12.4. The molecule has 8 nitrogen and oxygen atoms in total. The van der Waals surface area contributed by atoms with Crippen molar-refractivity contribution in [3.63, 3.8) is 0 Å². The molecule has 1 N–H and O–H groups in total. The molecule has 1 amide bonds. The molecule has 0 aliphatic carbocycles. The highest BCUT2D eigenvalue weighted by atomic mass is 35.5. The number of ether oxygens (including phenoxy) is 4. The Hall–Kier alpha value is -4.04. The molecule has 33 heavy (non-hydrogen) atoms. The molecule has 0 fully saturated rings. The molecule has 0 heterocycles. The molecule has 0 saturated heterocycles. The summed E-state index contributed by atoms with van der Waals surface area (Å²) in [6.07, 6.45) is 1.46. The van der Waals surface area contributed by atoms with E-state index in [0.717, 1.165) is 0 Å². The van der Waals surface area contributed by atoms with Crippen LogP contribution in [0.2, 0.25) is 5.02 Å². The van der Waals surface area contributed by atoms with Crippen LogP contribution in [-0.4, -0.2) is 38.9 Å². The summed E-state index contributed by atoms with van der Waals surface area (Å²) in [5, 5.41) is 4.40. The van der Waals surface area contributed by atoms with Crippen LogP contribution in [0, 0.1) is 0 Å². The zero-order valence-electron chi connectivity index (χ0n) is 17.9. The fourth-order valence-electron chi connectivity index (χ4n) is 2.67. The van der Waals surface area contributed by atoms with Gasteiger partial charge in [-0.05, 0) is 66.2 Å².